The fraction of sp³-hybridized carbons (Fsp3) is 0.312. The van der Waals surface area contributed by atoms with Gasteiger partial charge in [0.25, 0.3) is 5.91 Å². The van der Waals surface area contributed by atoms with Crippen LogP contribution < -0.4 is 20.5 Å². The molecule has 0 atom stereocenters. The maximum Gasteiger partial charge on any atom is 0.263 e. The Kier molecular flexibility index (Phi) is 5.76. The molecule has 1 aromatic rings. The number of carbonyl (C=O) groups excluding carboxylic acids is 2. The first-order valence-corrected chi connectivity index (χ1v) is 7.31. The molecule has 0 aromatic heterocycles. The minimum atomic E-state index is -0.571. The van der Waals surface area contributed by atoms with Gasteiger partial charge in [-0.1, -0.05) is 6.07 Å². The van der Waals surface area contributed by atoms with Crippen LogP contribution in [0.1, 0.15) is 12.5 Å². The second-order valence-electron chi connectivity index (χ2n) is 5.03. The molecule has 1 aliphatic rings. The Morgan fingerprint density at radius 1 is 1.42 bits per heavy atom. The molecule has 0 saturated carbocycles. The fourth-order valence-electron chi connectivity index (χ4n) is 2.07. The van der Waals surface area contributed by atoms with Crippen LogP contribution in [0.5, 0.6) is 11.5 Å². The Balaban J connectivity index is 2.01. The smallest absolute Gasteiger partial charge is 0.263 e. The van der Waals surface area contributed by atoms with E-state index >= 15 is 0 Å². The van der Waals surface area contributed by atoms with E-state index in [0.29, 0.717) is 11.5 Å². The number of fused-ring (bicyclic) bond motifs is 1. The van der Waals surface area contributed by atoms with Gasteiger partial charge in [-0.05, 0) is 17.7 Å². The van der Waals surface area contributed by atoms with Gasteiger partial charge in [0.05, 0.1) is 0 Å². The van der Waals surface area contributed by atoms with Crippen LogP contribution in [0.2, 0.25) is 0 Å². The lowest BCUT2D eigenvalue weighted by Crippen LogP contribution is -2.31. The van der Waals surface area contributed by atoms with Gasteiger partial charge in [-0.2, -0.15) is 5.26 Å². The van der Waals surface area contributed by atoms with Crippen LogP contribution in [0.15, 0.2) is 30.0 Å². The molecule has 0 unspecified atom stereocenters. The topological polar surface area (TPSA) is 118 Å². The summed E-state index contributed by atoms with van der Waals surface area (Å²) >= 11 is 0. The van der Waals surface area contributed by atoms with Crippen LogP contribution in [0.25, 0.3) is 0 Å². The number of nitriles is 1. The molecular weight excluding hydrogens is 312 g/mol. The second kappa shape index (κ2) is 7.99. The number of carbonyl (C=O) groups is 2. The van der Waals surface area contributed by atoms with Gasteiger partial charge in [0.15, 0.2) is 11.5 Å². The highest BCUT2D eigenvalue weighted by Gasteiger charge is 2.15. The van der Waals surface area contributed by atoms with Crippen molar-refractivity contribution < 1.29 is 19.1 Å². The van der Waals surface area contributed by atoms with Crippen molar-refractivity contribution in [2.45, 2.75) is 13.5 Å². The standard InChI is InChI=1S/C16H18N4O4/c1-11(21)20(5-4-17)9-13(7-18)16(22)19-8-12-2-3-14-15(6-12)24-10-23-14/h2-3,6,9H,4-5,8,10,17H2,1H3,(H,19,22)/b13-9-. The third kappa shape index (κ3) is 4.24. The van der Waals surface area contributed by atoms with E-state index < -0.39 is 5.91 Å². The third-order valence-electron chi connectivity index (χ3n) is 3.31. The van der Waals surface area contributed by atoms with Crippen molar-refractivity contribution in [1.82, 2.24) is 10.2 Å². The number of hydrogen-bond donors (Lipinski definition) is 2. The first-order chi connectivity index (χ1) is 11.5. The Bertz CT molecular complexity index is 709. The number of rotatable bonds is 6. The highest BCUT2D eigenvalue weighted by Crippen LogP contribution is 2.32. The van der Waals surface area contributed by atoms with E-state index in [1.807, 2.05) is 0 Å². The van der Waals surface area contributed by atoms with Gasteiger partial charge in [-0.25, -0.2) is 0 Å². The van der Waals surface area contributed by atoms with Gasteiger partial charge in [-0.3, -0.25) is 9.59 Å². The maximum atomic E-state index is 12.1. The van der Waals surface area contributed by atoms with Gasteiger partial charge in [0.1, 0.15) is 11.6 Å². The molecule has 2 rings (SSSR count). The van der Waals surface area contributed by atoms with E-state index in [1.165, 1.54) is 18.0 Å². The van der Waals surface area contributed by atoms with Crippen molar-refractivity contribution in [3.8, 4) is 17.6 Å². The molecular formula is C16H18N4O4. The predicted octanol–water partition coefficient (Wildman–Crippen LogP) is 0.246. The molecule has 24 heavy (non-hydrogen) atoms. The molecule has 0 spiro atoms. The lowest BCUT2D eigenvalue weighted by molar-refractivity contribution is -0.126. The van der Waals surface area contributed by atoms with Crippen LogP contribution in [0.3, 0.4) is 0 Å². The molecule has 8 nitrogen and oxygen atoms in total. The van der Waals surface area contributed by atoms with E-state index in [-0.39, 0.29) is 37.9 Å². The number of nitrogens with one attached hydrogen (secondary N) is 1. The van der Waals surface area contributed by atoms with E-state index in [1.54, 1.807) is 24.3 Å². The Hall–Kier alpha value is -3.05. The van der Waals surface area contributed by atoms with Crippen molar-refractivity contribution in [2.24, 2.45) is 5.73 Å². The summed E-state index contributed by atoms with van der Waals surface area (Å²) in [4.78, 5) is 24.8. The minimum Gasteiger partial charge on any atom is -0.454 e. The van der Waals surface area contributed by atoms with Crippen molar-refractivity contribution >= 4 is 11.8 Å². The number of nitrogens with two attached hydrogens (primary N) is 1. The van der Waals surface area contributed by atoms with E-state index in [9.17, 15) is 9.59 Å². The highest BCUT2D eigenvalue weighted by molar-refractivity contribution is 5.97. The Morgan fingerprint density at radius 2 is 2.17 bits per heavy atom. The summed E-state index contributed by atoms with van der Waals surface area (Å²) in [5.41, 5.74) is 6.05. The highest BCUT2D eigenvalue weighted by atomic mass is 16.7. The summed E-state index contributed by atoms with van der Waals surface area (Å²) in [6.45, 7) is 2.19. The van der Waals surface area contributed by atoms with E-state index in [0.717, 1.165) is 5.56 Å². The molecule has 3 N–H and O–H groups in total. The third-order valence-corrected chi connectivity index (χ3v) is 3.31. The molecule has 1 aliphatic heterocycles. The molecule has 0 aliphatic carbocycles. The summed E-state index contributed by atoms with van der Waals surface area (Å²) < 4.78 is 10.5. The number of benzene rings is 1. The summed E-state index contributed by atoms with van der Waals surface area (Å²) in [6.07, 6.45) is 1.21. The molecule has 0 saturated heterocycles. The Labute approximate surface area is 139 Å². The number of ether oxygens (including phenoxy) is 2. The normalized spacial score (nSPS) is 12.5. The van der Waals surface area contributed by atoms with Gasteiger partial charge >= 0.3 is 0 Å². The molecule has 126 valence electrons. The van der Waals surface area contributed by atoms with Crippen molar-refractivity contribution in [3.63, 3.8) is 0 Å². The van der Waals surface area contributed by atoms with Crippen LogP contribution in [-0.4, -0.2) is 36.6 Å². The zero-order valence-corrected chi connectivity index (χ0v) is 13.2. The number of amides is 2. The van der Waals surface area contributed by atoms with E-state index in [2.05, 4.69) is 5.32 Å². The fourth-order valence-corrected chi connectivity index (χ4v) is 2.07. The molecule has 0 bridgehead atoms. The predicted molar refractivity (Wildman–Crippen MR) is 84.5 cm³/mol. The van der Waals surface area contributed by atoms with Gasteiger partial charge in [0.2, 0.25) is 12.7 Å². The molecule has 8 heteroatoms. The van der Waals surface area contributed by atoms with Crippen LogP contribution in [0, 0.1) is 11.3 Å². The van der Waals surface area contributed by atoms with Gasteiger partial charge in [0, 0.05) is 32.8 Å². The lowest BCUT2D eigenvalue weighted by Gasteiger charge is -2.15. The molecule has 0 fully saturated rings. The van der Waals surface area contributed by atoms with Gasteiger partial charge < -0.3 is 25.4 Å². The molecule has 0 radical (unpaired) electrons. The molecule has 2 amide bonds. The maximum absolute atomic E-state index is 12.1. The minimum absolute atomic E-state index is 0.167. The second-order valence-corrected chi connectivity index (χ2v) is 5.03. The first-order valence-electron chi connectivity index (χ1n) is 7.31. The molecule has 1 heterocycles. The quantitative estimate of drug-likeness (QED) is 0.570. The monoisotopic (exact) mass is 330 g/mol. The Morgan fingerprint density at radius 3 is 2.83 bits per heavy atom. The first kappa shape index (κ1) is 17.3. The van der Waals surface area contributed by atoms with E-state index in [4.69, 9.17) is 20.5 Å². The molecule has 1 aromatic carbocycles. The zero-order valence-electron chi connectivity index (χ0n) is 13.2. The van der Waals surface area contributed by atoms with Crippen LogP contribution >= 0.6 is 0 Å². The summed E-state index contributed by atoms with van der Waals surface area (Å²) in [7, 11) is 0. The van der Waals surface area contributed by atoms with Crippen LogP contribution in [-0.2, 0) is 16.1 Å². The van der Waals surface area contributed by atoms with Gasteiger partial charge in [-0.15, -0.1) is 0 Å². The van der Waals surface area contributed by atoms with Crippen molar-refractivity contribution in [2.75, 3.05) is 19.9 Å². The average Bonchev–Trinajstić information content (AvgIpc) is 3.03. The zero-order chi connectivity index (χ0) is 17.5. The summed E-state index contributed by atoms with van der Waals surface area (Å²) in [6, 6.07) is 7.10. The summed E-state index contributed by atoms with van der Waals surface area (Å²) in [5.74, 6) is 0.403. The largest absolute Gasteiger partial charge is 0.454 e. The SMILES string of the molecule is CC(=O)N(/C=C(/C#N)C(=O)NCc1ccc2c(c1)OCO2)CCN. The van der Waals surface area contributed by atoms with Crippen molar-refractivity contribution in [1.29, 1.82) is 5.26 Å². The summed E-state index contributed by atoms with van der Waals surface area (Å²) in [5, 5.41) is 11.8. The lowest BCUT2D eigenvalue weighted by atomic mass is 10.2. The number of hydrogen-bond acceptors (Lipinski definition) is 6. The number of nitrogens with zero attached hydrogens (tertiary/aromatic N) is 2. The average molecular weight is 330 g/mol. The van der Waals surface area contributed by atoms with Crippen molar-refractivity contribution in [3.05, 3.63) is 35.5 Å². The van der Waals surface area contributed by atoms with Crippen LogP contribution in [0.4, 0.5) is 0 Å².